The first-order chi connectivity index (χ1) is 9.15. The molecule has 2 N–H and O–H groups in total. The zero-order valence-electron chi connectivity index (χ0n) is 12.0. The van der Waals surface area contributed by atoms with Crippen LogP contribution in [0.4, 0.5) is 5.82 Å². The lowest BCUT2D eigenvalue weighted by atomic mass is 9.88. The van der Waals surface area contributed by atoms with Crippen LogP contribution in [0, 0.1) is 17.8 Å². The molecule has 3 heteroatoms. The summed E-state index contributed by atoms with van der Waals surface area (Å²) in [7, 11) is 2.17. The van der Waals surface area contributed by atoms with Crippen molar-refractivity contribution >= 4 is 5.82 Å². The maximum Gasteiger partial charge on any atom is 0.133 e. The molecule has 2 bridgehead atoms. The molecule has 4 atom stereocenters. The molecule has 0 aliphatic heterocycles. The van der Waals surface area contributed by atoms with Crippen LogP contribution in [0.25, 0.3) is 0 Å². The molecule has 1 aromatic rings. The lowest BCUT2D eigenvalue weighted by Crippen LogP contribution is -2.30. The van der Waals surface area contributed by atoms with E-state index in [0.29, 0.717) is 0 Å². The second-order valence-corrected chi connectivity index (χ2v) is 6.52. The van der Waals surface area contributed by atoms with E-state index in [9.17, 15) is 0 Å². The van der Waals surface area contributed by atoms with Crippen LogP contribution >= 0.6 is 0 Å². The first-order valence-electron chi connectivity index (χ1n) is 7.56. The van der Waals surface area contributed by atoms with Gasteiger partial charge in [0.2, 0.25) is 0 Å². The molecule has 1 aromatic heterocycles. The molecule has 19 heavy (non-hydrogen) atoms. The summed E-state index contributed by atoms with van der Waals surface area (Å²) in [6.07, 6.45) is 7.69. The van der Waals surface area contributed by atoms with Gasteiger partial charge in [0.25, 0.3) is 0 Å². The minimum Gasteiger partial charge on any atom is -0.359 e. The van der Waals surface area contributed by atoms with E-state index >= 15 is 0 Å². The Labute approximate surface area is 116 Å². The van der Waals surface area contributed by atoms with E-state index in [-0.39, 0.29) is 6.04 Å². The van der Waals surface area contributed by atoms with Crippen LogP contribution < -0.4 is 10.6 Å². The summed E-state index contributed by atoms with van der Waals surface area (Å²) < 4.78 is 0. The molecule has 1 heterocycles. The van der Waals surface area contributed by atoms with Gasteiger partial charge in [-0.1, -0.05) is 12.5 Å². The van der Waals surface area contributed by atoms with Crippen molar-refractivity contribution in [3.8, 4) is 0 Å². The average Bonchev–Trinajstić information content (AvgIpc) is 3.01. The van der Waals surface area contributed by atoms with Crippen molar-refractivity contribution in [3.63, 3.8) is 0 Å². The summed E-state index contributed by atoms with van der Waals surface area (Å²) in [5.41, 5.74) is 7.21. The minimum absolute atomic E-state index is 0.0474. The van der Waals surface area contributed by atoms with Gasteiger partial charge in [-0.15, -0.1) is 0 Å². The second-order valence-electron chi connectivity index (χ2n) is 6.52. The molecule has 0 amide bonds. The SMILES string of the molecule is C[C@@H](N)c1cccnc1N(C)CC1CC2CCC1C2. The molecular weight excluding hydrogens is 234 g/mol. The van der Waals surface area contributed by atoms with Gasteiger partial charge in [-0.25, -0.2) is 4.98 Å². The minimum atomic E-state index is 0.0474. The maximum absolute atomic E-state index is 6.05. The molecule has 2 aliphatic carbocycles. The van der Waals surface area contributed by atoms with E-state index < -0.39 is 0 Å². The Morgan fingerprint density at radius 1 is 1.42 bits per heavy atom. The van der Waals surface area contributed by atoms with Crippen LogP contribution in [-0.2, 0) is 0 Å². The molecule has 3 nitrogen and oxygen atoms in total. The normalized spacial score (nSPS) is 30.6. The van der Waals surface area contributed by atoms with Crippen molar-refractivity contribution in [2.24, 2.45) is 23.5 Å². The van der Waals surface area contributed by atoms with Gasteiger partial charge in [0.05, 0.1) is 0 Å². The van der Waals surface area contributed by atoms with Gasteiger partial charge in [0.1, 0.15) is 5.82 Å². The number of nitrogens with two attached hydrogens (primary N) is 1. The van der Waals surface area contributed by atoms with Gasteiger partial charge < -0.3 is 10.6 Å². The molecule has 0 spiro atoms. The fourth-order valence-corrected chi connectivity index (χ4v) is 4.12. The standard InChI is InChI=1S/C16H25N3/c1-11(17)15-4-3-7-18-16(15)19(2)10-14-9-12-5-6-13(14)8-12/h3-4,7,11-14H,5-6,8-10,17H2,1-2H3/t11-,12?,13?,14?/m1/s1. The molecule has 0 aromatic carbocycles. The van der Waals surface area contributed by atoms with Crippen LogP contribution in [0.2, 0.25) is 0 Å². The summed E-state index contributed by atoms with van der Waals surface area (Å²) in [6.45, 7) is 3.17. The quantitative estimate of drug-likeness (QED) is 0.904. The number of hydrogen-bond acceptors (Lipinski definition) is 3. The van der Waals surface area contributed by atoms with Gasteiger partial charge in [0.15, 0.2) is 0 Å². The monoisotopic (exact) mass is 259 g/mol. The maximum atomic E-state index is 6.05. The van der Waals surface area contributed by atoms with Crippen LogP contribution in [0.5, 0.6) is 0 Å². The fraction of sp³-hybridized carbons (Fsp3) is 0.688. The number of aromatic nitrogens is 1. The number of rotatable bonds is 4. The second kappa shape index (κ2) is 5.12. The van der Waals surface area contributed by atoms with E-state index in [1.165, 1.54) is 25.7 Å². The zero-order chi connectivity index (χ0) is 13.4. The Hall–Kier alpha value is -1.09. The number of hydrogen-bond donors (Lipinski definition) is 1. The van der Waals surface area contributed by atoms with Gasteiger partial charge in [0, 0.05) is 31.4 Å². The molecule has 104 valence electrons. The highest BCUT2D eigenvalue weighted by Gasteiger charge is 2.39. The molecule has 3 unspecified atom stereocenters. The van der Waals surface area contributed by atoms with Crippen molar-refractivity contribution in [1.82, 2.24) is 4.98 Å². The molecule has 2 saturated carbocycles. The van der Waals surface area contributed by atoms with E-state index in [1.54, 1.807) is 0 Å². The van der Waals surface area contributed by atoms with E-state index in [1.807, 2.05) is 19.2 Å². The highest BCUT2D eigenvalue weighted by atomic mass is 15.2. The van der Waals surface area contributed by atoms with Crippen molar-refractivity contribution < 1.29 is 0 Å². The summed E-state index contributed by atoms with van der Waals surface area (Å²) in [4.78, 5) is 6.87. The smallest absolute Gasteiger partial charge is 0.133 e. The van der Waals surface area contributed by atoms with Gasteiger partial charge in [-0.05, 0) is 50.0 Å². The first kappa shape index (κ1) is 12.9. The third-order valence-electron chi connectivity index (χ3n) is 5.06. The molecule has 3 rings (SSSR count). The lowest BCUT2D eigenvalue weighted by molar-refractivity contribution is 0.337. The number of nitrogens with zero attached hydrogens (tertiary/aromatic N) is 2. The van der Waals surface area contributed by atoms with Crippen LogP contribution in [-0.4, -0.2) is 18.6 Å². The number of anilines is 1. The topological polar surface area (TPSA) is 42.1 Å². The Morgan fingerprint density at radius 2 is 2.26 bits per heavy atom. The predicted molar refractivity (Wildman–Crippen MR) is 79.0 cm³/mol. The average molecular weight is 259 g/mol. The third kappa shape index (κ3) is 2.48. The summed E-state index contributed by atoms with van der Waals surface area (Å²) in [6, 6.07) is 4.13. The van der Waals surface area contributed by atoms with Crippen LogP contribution in [0.15, 0.2) is 18.3 Å². The molecule has 0 saturated heterocycles. The largest absolute Gasteiger partial charge is 0.359 e. The molecule has 2 fully saturated rings. The molecule has 0 radical (unpaired) electrons. The predicted octanol–water partition coefficient (Wildman–Crippen LogP) is 2.97. The van der Waals surface area contributed by atoms with E-state index in [0.717, 1.165) is 35.7 Å². The van der Waals surface area contributed by atoms with Crippen LogP contribution in [0.1, 0.15) is 44.2 Å². The summed E-state index contributed by atoms with van der Waals surface area (Å²) in [5.74, 6) is 3.92. The molecule has 2 aliphatic rings. The Balaban J connectivity index is 1.72. The van der Waals surface area contributed by atoms with Crippen LogP contribution in [0.3, 0.4) is 0 Å². The summed E-state index contributed by atoms with van der Waals surface area (Å²) >= 11 is 0. The molecular formula is C16H25N3. The Morgan fingerprint density at radius 3 is 2.89 bits per heavy atom. The lowest BCUT2D eigenvalue weighted by Gasteiger charge is -2.29. The van der Waals surface area contributed by atoms with Crippen molar-refractivity contribution in [1.29, 1.82) is 0 Å². The zero-order valence-corrected chi connectivity index (χ0v) is 12.0. The van der Waals surface area contributed by atoms with Crippen molar-refractivity contribution in [2.45, 2.75) is 38.6 Å². The fourth-order valence-electron chi connectivity index (χ4n) is 4.12. The van der Waals surface area contributed by atoms with Gasteiger partial charge in [-0.2, -0.15) is 0 Å². The highest BCUT2D eigenvalue weighted by Crippen LogP contribution is 2.48. The van der Waals surface area contributed by atoms with Gasteiger partial charge >= 0.3 is 0 Å². The van der Waals surface area contributed by atoms with E-state index in [4.69, 9.17) is 5.73 Å². The van der Waals surface area contributed by atoms with Crippen molar-refractivity contribution in [3.05, 3.63) is 23.9 Å². The number of pyridine rings is 1. The Kier molecular flexibility index (Phi) is 3.48. The van der Waals surface area contributed by atoms with Crippen molar-refractivity contribution in [2.75, 3.05) is 18.5 Å². The van der Waals surface area contributed by atoms with E-state index in [2.05, 4.69) is 23.0 Å². The Bertz CT molecular complexity index is 443. The number of fused-ring (bicyclic) bond motifs is 2. The first-order valence-corrected chi connectivity index (χ1v) is 7.56. The summed E-state index contributed by atoms with van der Waals surface area (Å²) in [5, 5.41) is 0. The third-order valence-corrected chi connectivity index (χ3v) is 5.06. The van der Waals surface area contributed by atoms with Gasteiger partial charge in [-0.3, -0.25) is 0 Å². The highest BCUT2D eigenvalue weighted by molar-refractivity contribution is 5.47.